The smallest absolute Gasteiger partial charge is 0.223 e. The molecule has 0 spiro atoms. The highest BCUT2D eigenvalue weighted by Gasteiger charge is 2.18. The van der Waals surface area contributed by atoms with Gasteiger partial charge < -0.3 is 9.26 Å². The Morgan fingerprint density at radius 1 is 0.962 bits per heavy atom. The van der Waals surface area contributed by atoms with Gasteiger partial charge in [-0.1, -0.05) is 47.6 Å². The van der Waals surface area contributed by atoms with Crippen molar-refractivity contribution in [2.45, 2.75) is 19.9 Å². The van der Waals surface area contributed by atoms with Gasteiger partial charge in [-0.05, 0) is 29.7 Å². The number of rotatable bonds is 4. The standard InChI is InChI=1S/C21H23N3O2/c1-15(24-10-12-25-13-11-24)17-6-8-18(9-7-17)19-4-3-5-20(14-19)21-22-16(2)26-23-21/h3-9,14-15H,10-13H2,1-2H3/t15-/m0/s1. The third-order valence-electron chi connectivity index (χ3n) is 4.97. The lowest BCUT2D eigenvalue weighted by molar-refractivity contribution is 0.0198. The number of ether oxygens (including phenoxy) is 1. The first kappa shape index (κ1) is 16.9. The minimum absolute atomic E-state index is 0.404. The lowest BCUT2D eigenvalue weighted by atomic mass is 9.99. The first-order chi connectivity index (χ1) is 12.7. The van der Waals surface area contributed by atoms with Gasteiger partial charge in [0.2, 0.25) is 11.7 Å². The van der Waals surface area contributed by atoms with E-state index in [9.17, 15) is 0 Å². The van der Waals surface area contributed by atoms with Crippen LogP contribution in [0.2, 0.25) is 0 Å². The first-order valence-corrected chi connectivity index (χ1v) is 9.03. The SMILES string of the molecule is Cc1nc(-c2cccc(-c3ccc([C@H](C)N4CCOCC4)cc3)c2)no1. The summed E-state index contributed by atoms with van der Waals surface area (Å²) in [6, 6.07) is 17.5. The second-order valence-electron chi connectivity index (χ2n) is 6.66. The number of nitrogens with zero attached hydrogens (tertiary/aromatic N) is 3. The van der Waals surface area contributed by atoms with E-state index in [0.29, 0.717) is 17.8 Å². The van der Waals surface area contributed by atoms with Crippen molar-refractivity contribution in [3.63, 3.8) is 0 Å². The molecule has 0 unspecified atom stereocenters. The quantitative estimate of drug-likeness (QED) is 0.710. The van der Waals surface area contributed by atoms with Crippen LogP contribution in [0.4, 0.5) is 0 Å². The molecule has 26 heavy (non-hydrogen) atoms. The number of hydrogen-bond donors (Lipinski definition) is 0. The number of hydrogen-bond acceptors (Lipinski definition) is 5. The van der Waals surface area contributed by atoms with Gasteiger partial charge >= 0.3 is 0 Å². The summed E-state index contributed by atoms with van der Waals surface area (Å²) in [5, 5.41) is 4.01. The molecular weight excluding hydrogens is 326 g/mol. The van der Waals surface area contributed by atoms with E-state index in [4.69, 9.17) is 9.26 Å². The maximum Gasteiger partial charge on any atom is 0.223 e. The summed E-state index contributed by atoms with van der Waals surface area (Å²) in [4.78, 5) is 6.78. The van der Waals surface area contributed by atoms with Crippen LogP contribution in [0.1, 0.15) is 24.4 Å². The molecule has 1 fully saturated rings. The highest BCUT2D eigenvalue weighted by Crippen LogP contribution is 2.27. The molecule has 2 aromatic carbocycles. The van der Waals surface area contributed by atoms with Crippen LogP contribution in [-0.4, -0.2) is 41.3 Å². The fourth-order valence-corrected chi connectivity index (χ4v) is 3.38. The van der Waals surface area contributed by atoms with Crippen molar-refractivity contribution >= 4 is 0 Å². The highest BCUT2D eigenvalue weighted by atomic mass is 16.5. The first-order valence-electron chi connectivity index (χ1n) is 9.03. The van der Waals surface area contributed by atoms with Gasteiger partial charge in [-0.25, -0.2) is 0 Å². The van der Waals surface area contributed by atoms with Gasteiger partial charge in [-0.3, -0.25) is 4.90 Å². The van der Waals surface area contributed by atoms with Crippen molar-refractivity contribution < 1.29 is 9.26 Å². The van der Waals surface area contributed by atoms with Crippen LogP contribution in [0.25, 0.3) is 22.5 Å². The van der Waals surface area contributed by atoms with E-state index < -0.39 is 0 Å². The van der Waals surface area contributed by atoms with Gasteiger partial charge in [0.15, 0.2) is 0 Å². The second kappa shape index (κ2) is 7.40. The van der Waals surface area contributed by atoms with Crippen LogP contribution in [0.3, 0.4) is 0 Å². The lowest BCUT2D eigenvalue weighted by Crippen LogP contribution is -2.37. The summed E-state index contributed by atoms with van der Waals surface area (Å²) in [5.41, 5.74) is 4.63. The van der Waals surface area contributed by atoms with Gasteiger partial charge in [0.1, 0.15) is 0 Å². The van der Waals surface area contributed by atoms with Crippen LogP contribution in [-0.2, 0) is 4.74 Å². The van der Waals surface area contributed by atoms with Crippen LogP contribution in [0, 0.1) is 6.92 Å². The average molecular weight is 349 g/mol. The van der Waals surface area contributed by atoms with E-state index in [1.54, 1.807) is 6.92 Å². The van der Waals surface area contributed by atoms with Crippen molar-refractivity contribution in [1.82, 2.24) is 15.0 Å². The third kappa shape index (κ3) is 3.54. The molecule has 1 aromatic heterocycles. The van der Waals surface area contributed by atoms with Gasteiger partial charge in [0.25, 0.3) is 0 Å². The zero-order valence-corrected chi connectivity index (χ0v) is 15.2. The predicted octanol–water partition coefficient (Wildman–Crippen LogP) is 4.11. The Kier molecular flexibility index (Phi) is 4.82. The van der Waals surface area contributed by atoms with E-state index in [2.05, 4.69) is 58.4 Å². The maximum absolute atomic E-state index is 5.45. The average Bonchev–Trinajstić information content (AvgIpc) is 3.15. The molecule has 0 saturated carbocycles. The second-order valence-corrected chi connectivity index (χ2v) is 6.66. The molecule has 5 heteroatoms. The molecule has 1 saturated heterocycles. The molecule has 0 radical (unpaired) electrons. The van der Waals surface area contributed by atoms with Gasteiger partial charge in [0, 0.05) is 31.6 Å². The van der Waals surface area contributed by atoms with Crippen molar-refractivity contribution in [2.24, 2.45) is 0 Å². The van der Waals surface area contributed by atoms with Gasteiger partial charge in [-0.2, -0.15) is 4.98 Å². The van der Waals surface area contributed by atoms with Crippen molar-refractivity contribution in [3.05, 3.63) is 60.0 Å². The molecule has 0 bridgehead atoms. The number of morpholine rings is 1. The maximum atomic E-state index is 5.45. The predicted molar refractivity (Wildman–Crippen MR) is 101 cm³/mol. The Morgan fingerprint density at radius 3 is 2.38 bits per heavy atom. The van der Waals surface area contributed by atoms with E-state index in [0.717, 1.165) is 37.4 Å². The molecule has 5 nitrogen and oxygen atoms in total. The zero-order valence-electron chi connectivity index (χ0n) is 15.2. The minimum Gasteiger partial charge on any atom is -0.379 e. The van der Waals surface area contributed by atoms with Crippen molar-refractivity contribution in [2.75, 3.05) is 26.3 Å². The molecule has 134 valence electrons. The van der Waals surface area contributed by atoms with E-state index in [1.807, 2.05) is 12.1 Å². The fourth-order valence-electron chi connectivity index (χ4n) is 3.38. The molecule has 1 aliphatic heterocycles. The lowest BCUT2D eigenvalue weighted by Gasteiger charge is -2.32. The zero-order chi connectivity index (χ0) is 17.9. The third-order valence-corrected chi connectivity index (χ3v) is 4.97. The minimum atomic E-state index is 0.404. The largest absolute Gasteiger partial charge is 0.379 e. The molecular formula is C21H23N3O2. The Balaban J connectivity index is 1.55. The van der Waals surface area contributed by atoms with E-state index >= 15 is 0 Å². The summed E-state index contributed by atoms with van der Waals surface area (Å²) in [7, 11) is 0. The Morgan fingerprint density at radius 2 is 1.69 bits per heavy atom. The summed E-state index contributed by atoms with van der Waals surface area (Å²) in [6.45, 7) is 7.70. The molecule has 1 atom stereocenters. The molecule has 4 rings (SSSR count). The van der Waals surface area contributed by atoms with Crippen LogP contribution in [0.15, 0.2) is 53.1 Å². The molecule has 0 amide bonds. The van der Waals surface area contributed by atoms with Gasteiger partial charge in [0.05, 0.1) is 13.2 Å². The van der Waals surface area contributed by atoms with Crippen LogP contribution in [0.5, 0.6) is 0 Å². The molecule has 1 aliphatic rings. The van der Waals surface area contributed by atoms with Crippen LogP contribution >= 0.6 is 0 Å². The number of aromatic nitrogens is 2. The fraction of sp³-hybridized carbons (Fsp3) is 0.333. The summed E-state index contributed by atoms with van der Waals surface area (Å²) in [5.74, 6) is 1.20. The molecule has 2 heterocycles. The highest BCUT2D eigenvalue weighted by molar-refractivity contribution is 5.70. The summed E-state index contributed by atoms with van der Waals surface area (Å²) in [6.07, 6.45) is 0. The van der Waals surface area contributed by atoms with Crippen molar-refractivity contribution in [1.29, 1.82) is 0 Å². The number of benzene rings is 2. The van der Waals surface area contributed by atoms with Crippen LogP contribution < -0.4 is 0 Å². The number of aryl methyl sites for hydroxylation is 1. The van der Waals surface area contributed by atoms with Gasteiger partial charge in [-0.15, -0.1) is 0 Å². The summed E-state index contributed by atoms with van der Waals surface area (Å²) >= 11 is 0. The Labute approximate surface area is 153 Å². The van der Waals surface area contributed by atoms with E-state index in [-0.39, 0.29) is 0 Å². The molecule has 3 aromatic rings. The monoisotopic (exact) mass is 349 g/mol. The van der Waals surface area contributed by atoms with Crippen molar-refractivity contribution in [3.8, 4) is 22.5 Å². The Hall–Kier alpha value is -2.50. The summed E-state index contributed by atoms with van der Waals surface area (Å²) < 4.78 is 10.5. The Bertz CT molecular complexity index is 867. The topological polar surface area (TPSA) is 51.4 Å². The normalized spacial score (nSPS) is 16.5. The molecule has 0 N–H and O–H groups in total. The van der Waals surface area contributed by atoms with E-state index in [1.165, 1.54) is 11.1 Å². The molecule has 0 aliphatic carbocycles.